The van der Waals surface area contributed by atoms with Crippen molar-refractivity contribution in [2.45, 2.75) is 30.3 Å². The van der Waals surface area contributed by atoms with Crippen molar-refractivity contribution < 1.29 is 14.5 Å². The van der Waals surface area contributed by atoms with Gasteiger partial charge in [0.1, 0.15) is 0 Å². The highest BCUT2D eigenvalue weighted by Gasteiger charge is 2.22. The molecule has 1 aromatic carbocycles. The highest BCUT2D eigenvalue weighted by Crippen LogP contribution is 2.30. The van der Waals surface area contributed by atoms with Crippen molar-refractivity contribution in [1.82, 2.24) is 14.8 Å². The third-order valence-corrected chi connectivity index (χ3v) is 5.96. The first-order chi connectivity index (χ1) is 14.3. The molecule has 0 saturated carbocycles. The van der Waals surface area contributed by atoms with E-state index in [9.17, 15) is 19.7 Å². The normalized spacial score (nSPS) is 11.8. The van der Waals surface area contributed by atoms with Crippen LogP contribution in [-0.4, -0.2) is 36.8 Å². The Kier molecular flexibility index (Phi) is 6.79. The number of primary amides is 1. The predicted octanol–water partition coefficient (Wildman–Crippen LogP) is 2.91. The minimum atomic E-state index is -0.572. The van der Waals surface area contributed by atoms with Crippen LogP contribution in [0.5, 0.6) is 0 Å². The summed E-state index contributed by atoms with van der Waals surface area (Å²) in [5.74, 6) is -0.198. The summed E-state index contributed by atoms with van der Waals surface area (Å²) in [4.78, 5) is 35.1. The number of carbonyl (C=O) groups excluding carboxylic acids is 2. The summed E-state index contributed by atoms with van der Waals surface area (Å²) in [6.07, 6.45) is 0.109. The number of anilines is 1. The lowest BCUT2D eigenvalue weighted by molar-refractivity contribution is -0.384. The fraction of sp³-hybridized carbons (Fsp3) is 0.222. The molecule has 0 aliphatic heterocycles. The third-order valence-electron chi connectivity index (χ3n) is 4.02. The fourth-order valence-electron chi connectivity index (χ4n) is 2.54. The predicted molar refractivity (Wildman–Crippen MR) is 114 cm³/mol. The Morgan fingerprint density at radius 1 is 1.33 bits per heavy atom. The van der Waals surface area contributed by atoms with Crippen molar-refractivity contribution in [3.63, 3.8) is 0 Å². The van der Waals surface area contributed by atoms with Gasteiger partial charge in [0.25, 0.3) is 5.69 Å². The van der Waals surface area contributed by atoms with Crippen LogP contribution in [0.2, 0.25) is 0 Å². The monoisotopic (exact) mass is 446 g/mol. The second kappa shape index (κ2) is 9.50. The Hall–Kier alpha value is -3.25. The molecule has 3 rings (SSSR count). The van der Waals surface area contributed by atoms with Gasteiger partial charge in [-0.15, -0.1) is 21.5 Å². The Morgan fingerprint density at radius 3 is 2.80 bits per heavy atom. The smallest absolute Gasteiger partial charge is 0.271 e. The van der Waals surface area contributed by atoms with Crippen LogP contribution in [0.4, 0.5) is 11.4 Å². The SMILES string of the molecule is CC(Sc1nnc(-c2cccs2)n1CCC(N)=O)C(=O)Nc1cccc([N+](=O)[O-])c1. The molecule has 2 heterocycles. The van der Waals surface area contributed by atoms with Gasteiger partial charge < -0.3 is 15.6 Å². The third kappa shape index (κ3) is 5.21. The Labute approximate surface area is 179 Å². The molecule has 1 atom stereocenters. The number of thiophene rings is 1. The number of non-ortho nitro benzene ring substituents is 1. The van der Waals surface area contributed by atoms with Crippen LogP contribution < -0.4 is 11.1 Å². The molecule has 10 nitrogen and oxygen atoms in total. The van der Waals surface area contributed by atoms with Crippen molar-refractivity contribution in [2.75, 3.05) is 5.32 Å². The average molecular weight is 447 g/mol. The average Bonchev–Trinajstić information content (AvgIpc) is 3.36. The fourth-order valence-corrected chi connectivity index (χ4v) is 4.13. The highest BCUT2D eigenvalue weighted by molar-refractivity contribution is 8.00. The maximum Gasteiger partial charge on any atom is 0.271 e. The lowest BCUT2D eigenvalue weighted by atomic mass is 10.2. The summed E-state index contributed by atoms with van der Waals surface area (Å²) < 4.78 is 1.76. The molecule has 30 heavy (non-hydrogen) atoms. The van der Waals surface area contributed by atoms with Crippen molar-refractivity contribution >= 4 is 46.3 Å². The molecule has 156 valence electrons. The molecule has 0 spiro atoms. The number of amides is 2. The number of nitrogens with one attached hydrogen (secondary N) is 1. The highest BCUT2D eigenvalue weighted by atomic mass is 32.2. The van der Waals surface area contributed by atoms with Crippen molar-refractivity contribution in [3.8, 4) is 10.7 Å². The Bertz CT molecular complexity index is 1070. The molecular formula is C18H18N6O4S2. The van der Waals surface area contributed by atoms with Gasteiger partial charge in [0.15, 0.2) is 11.0 Å². The van der Waals surface area contributed by atoms with E-state index in [-0.39, 0.29) is 24.6 Å². The summed E-state index contributed by atoms with van der Waals surface area (Å²) in [5.41, 5.74) is 5.51. The standard InChI is InChI=1S/C18H18N6O4S2/c1-11(17(26)20-12-4-2-5-13(10-12)24(27)28)30-18-22-21-16(14-6-3-9-29-14)23(18)8-7-15(19)25/h2-6,9-11H,7-8H2,1H3,(H2,19,25)(H,20,26). The first-order valence-electron chi connectivity index (χ1n) is 8.82. The van der Waals surface area contributed by atoms with Gasteiger partial charge in [0.2, 0.25) is 11.8 Å². The van der Waals surface area contributed by atoms with Gasteiger partial charge in [-0.1, -0.05) is 23.9 Å². The summed E-state index contributed by atoms with van der Waals surface area (Å²) in [6.45, 7) is 1.98. The molecule has 0 bridgehead atoms. The molecule has 0 saturated heterocycles. The van der Waals surface area contributed by atoms with Crippen LogP contribution >= 0.6 is 23.1 Å². The number of nitrogens with zero attached hydrogens (tertiary/aromatic N) is 4. The summed E-state index contributed by atoms with van der Waals surface area (Å²) in [7, 11) is 0. The number of hydrogen-bond donors (Lipinski definition) is 2. The van der Waals surface area contributed by atoms with Crippen LogP contribution in [-0.2, 0) is 16.1 Å². The minimum Gasteiger partial charge on any atom is -0.370 e. The number of carbonyl (C=O) groups is 2. The number of benzene rings is 1. The Morgan fingerprint density at radius 2 is 2.13 bits per heavy atom. The minimum absolute atomic E-state index is 0.109. The van der Waals surface area contributed by atoms with Crippen LogP contribution in [0.15, 0.2) is 46.9 Å². The Balaban J connectivity index is 1.76. The second-order valence-corrected chi connectivity index (χ2v) is 8.46. The van der Waals surface area contributed by atoms with Crippen LogP contribution in [0.25, 0.3) is 10.7 Å². The van der Waals surface area contributed by atoms with Crippen molar-refractivity contribution in [2.24, 2.45) is 5.73 Å². The van der Waals surface area contributed by atoms with Gasteiger partial charge in [0, 0.05) is 30.8 Å². The van der Waals surface area contributed by atoms with E-state index in [1.165, 1.54) is 41.3 Å². The summed E-state index contributed by atoms with van der Waals surface area (Å²) in [6, 6.07) is 9.49. The van der Waals surface area contributed by atoms with Crippen molar-refractivity contribution in [1.29, 1.82) is 0 Å². The molecule has 0 aliphatic rings. The molecular weight excluding hydrogens is 428 g/mol. The van der Waals surface area contributed by atoms with Gasteiger partial charge in [-0.05, 0) is 24.4 Å². The van der Waals surface area contributed by atoms with E-state index in [1.54, 1.807) is 17.6 Å². The number of nitrogens with two attached hydrogens (primary N) is 1. The first kappa shape index (κ1) is 21.5. The summed E-state index contributed by atoms with van der Waals surface area (Å²) >= 11 is 2.66. The van der Waals surface area contributed by atoms with Crippen LogP contribution in [0.3, 0.4) is 0 Å². The van der Waals surface area contributed by atoms with E-state index in [0.29, 0.717) is 16.7 Å². The zero-order chi connectivity index (χ0) is 21.7. The van der Waals surface area contributed by atoms with E-state index in [4.69, 9.17) is 5.73 Å². The molecule has 2 aromatic heterocycles. The molecule has 0 radical (unpaired) electrons. The molecule has 0 fully saturated rings. The molecule has 2 amide bonds. The number of nitro benzene ring substituents is 1. The topological polar surface area (TPSA) is 146 Å². The quantitative estimate of drug-likeness (QED) is 0.292. The van der Waals surface area contributed by atoms with Gasteiger partial charge in [-0.3, -0.25) is 19.7 Å². The van der Waals surface area contributed by atoms with Gasteiger partial charge in [-0.2, -0.15) is 0 Å². The van der Waals surface area contributed by atoms with E-state index >= 15 is 0 Å². The molecule has 3 aromatic rings. The van der Waals surface area contributed by atoms with Crippen molar-refractivity contribution in [3.05, 3.63) is 51.9 Å². The van der Waals surface area contributed by atoms with Crippen LogP contribution in [0.1, 0.15) is 13.3 Å². The van der Waals surface area contributed by atoms with E-state index in [0.717, 1.165) is 4.88 Å². The molecule has 3 N–H and O–H groups in total. The van der Waals surface area contributed by atoms with Gasteiger partial charge in [0.05, 0.1) is 15.1 Å². The zero-order valence-electron chi connectivity index (χ0n) is 15.8. The van der Waals surface area contributed by atoms with Crippen LogP contribution in [0, 0.1) is 10.1 Å². The van der Waals surface area contributed by atoms with E-state index in [1.807, 2.05) is 17.5 Å². The van der Waals surface area contributed by atoms with E-state index in [2.05, 4.69) is 15.5 Å². The largest absolute Gasteiger partial charge is 0.370 e. The molecule has 1 unspecified atom stereocenters. The maximum atomic E-state index is 12.6. The number of hydrogen-bond acceptors (Lipinski definition) is 8. The van der Waals surface area contributed by atoms with Gasteiger partial charge >= 0.3 is 0 Å². The number of aromatic nitrogens is 3. The lowest BCUT2D eigenvalue weighted by Crippen LogP contribution is -2.23. The zero-order valence-corrected chi connectivity index (χ0v) is 17.5. The number of nitro groups is 1. The molecule has 12 heteroatoms. The molecule has 0 aliphatic carbocycles. The lowest BCUT2D eigenvalue weighted by Gasteiger charge is -2.13. The van der Waals surface area contributed by atoms with Gasteiger partial charge in [-0.25, -0.2) is 0 Å². The number of rotatable bonds is 9. The first-order valence-corrected chi connectivity index (χ1v) is 10.6. The maximum absolute atomic E-state index is 12.6. The summed E-state index contributed by atoms with van der Waals surface area (Å²) in [5, 5.41) is 23.8. The second-order valence-electron chi connectivity index (χ2n) is 6.21. The number of thioether (sulfide) groups is 1. The van der Waals surface area contributed by atoms with E-state index < -0.39 is 16.1 Å².